The van der Waals surface area contributed by atoms with Crippen LogP contribution in [0.2, 0.25) is 0 Å². The summed E-state index contributed by atoms with van der Waals surface area (Å²) in [7, 11) is 0. The van der Waals surface area contributed by atoms with Gasteiger partial charge >= 0.3 is 6.36 Å². The van der Waals surface area contributed by atoms with Crippen LogP contribution >= 0.6 is 0 Å². The first kappa shape index (κ1) is 22.5. The number of ether oxygens (including phenoxy) is 1. The first-order valence-corrected chi connectivity index (χ1v) is 10.3. The molecule has 1 aromatic heterocycles. The minimum atomic E-state index is -4.86. The van der Waals surface area contributed by atoms with Crippen LogP contribution in [0.15, 0.2) is 60.7 Å². The maximum Gasteiger partial charge on any atom is 0.573 e. The molecular weight excluding hydrogens is 440 g/mol. The molecule has 0 saturated carbocycles. The van der Waals surface area contributed by atoms with Gasteiger partial charge in [0, 0.05) is 18.7 Å². The number of rotatable bonds is 5. The molecule has 33 heavy (non-hydrogen) atoms. The van der Waals surface area contributed by atoms with Crippen LogP contribution in [0, 0.1) is 11.7 Å². The summed E-state index contributed by atoms with van der Waals surface area (Å²) >= 11 is 0. The molecule has 0 radical (unpaired) electrons. The maximum atomic E-state index is 13.1. The van der Waals surface area contributed by atoms with Gasteiger partial charge in [-0.3, -0.25) is 4.79 Å². The number of alkyl halides is 3. The first-order valence-electron chi connectivity index (χ1n) is 10.3. The van der Waals surface area contributed by atoms with E-state index in [-0.39, 0.29) is 11.5 Å². The van der Waals surface area contributed by atoms with Crippen molar-refractivity contribution >= 4 is 17.4 Å². The normalized spacial score (nSPS) is 16.4. The summed E-state index contributed by atoms with van der Waals surface area (Å²) in [4.78, 5) is 14.7. The van der Waals surface area contributed by atoms with Gasteiger partial charge in [-0.25, -0.2) is 4.39 Å². The summed E-state index contributed by atoms with van der Waals surface area (Å²) in [6.45, 7) is 1.01. The van der Waals surface area contributed by atoms with Gasteiger partial charge in [0.2, 0.25) is 5.91 Å². The highest BCUT2D eigenvalue weighted by atomic mass is 19.4. The summed E-state index contributed by atoms with van der Waals surface area (Å²) in [5.74, 6) is -1.06. The zero-order valence-electron chi connectivity index (χ0n) is 17.3. The highest BCUT2D eigenvalue weighted by Crippen LogP contribution is 2.31. The summed E-state index contributed by atoms with van der Waals surface area (Å²) in [6, 6.07) is 14.9. The van der Waals surface area contributed by atoms with Gasteiger partial charge in [-0.1, -0.05) is 12.1 Å². The van der Waals surface area contributed by atoms with Crippen LogP contribution < -0.4 is 15.0 Å². The van der Waals surface area contributed by atoms with Gasteiger partial charge < -0.3 is 15.0 Å². The van der Waals surface area contributed by atoms with Crippen LogP contribution in [-0.2, 0) is 4.79 Å². The van der Waals surface area contributed by atoms with Crippen LogP contribution in [0.5, 0.6) is 5.75 Å². The van der Waals surface area contributed by atoms with Gasteiger partial charge in [0.15, 0.2) is 11.6 Å². The number of carbonyl (C=O) groups excluding carboxylic acids is 1. The molecular formula is C23H20F4N4O2. The molecule has 2 heterocycles. The van der Waals surface area contributed by atoms with Crippen molar-refractivity contribution in [1.82, 2.24) is 10.2 Å². The molecule has 1 fully saturated rings. The first-order chi connectivity index (χ1) is 15.8. The predicted octanol–water partition coefficient (Wildman–Crippen LogP) is 5.04. The Balaban J connectivity index is 1.42. The van der Waals surface area contributed by atoms with E-state index in [1.807, 2.05) is 4.90 Å². The zero-order chi connectivity index (χ0) is 23.4. The molecule has 10 heteroatoms. The van der Waals surface area contributed by atoms with Crippen molar-refractivity contribution in [2.45, 2.75) is 19.2 Å². The Kier molecular flexibility index (Phi) is 6.43. The van der Waals surface area contributed by atoms with Gasteiger partial charge in [0.1, 0.15) is 5.82 Å². The van der Waals surface area contributed by atoms with E-state index in [9.17, 15) is 22.4 Å². The Bertz CT molecular complexity index is 1100. The standard InChI is InChI=1S/C23H20F4N4O2/c24-17-9-7-15(8-10-17)18-11-12-21(30-29-18)31-13-3-4-16(14-31)22(32)28-19-5-1-2-6-20(19)33-23(25,26)27/h1-2,5-12,16H,3-4,13-14H2,(H,28,32). The van der Waals surface area contributed by atoms with E-state index in [1.165, 1.54) is 30.3 Å². The molecule has 6 nitrogen and oxygen atoms in total. The van der Waals surface area contributed by atoms with E-state index in [2.05, 4.69) is 20.3 Å². The number of amides is 1. The molecule has 2 aromatic carbocycles. The van der Waals surface area contributed by atoms with E-state index >= 15 is 0 Å². The Morgan fingerprint density at radius 2 is 1.79 bits per heavy atom. The number of nitrogens with one attached hydrogen (secondary N) is 1. The van der Waals surface area contributed by atoms with Crippen LogP contribution in [0.4, 0.5) is 29.1 Å². The molecule has 1 aliphatic heterocycles. The predicted molar refractivity (Wildman–Crippen MR) is 114 cm³/mol. The number of benzene rings is 2. The molecule has 172 valence electrons. The summed E-state index contributed by atoms with van der Waals surface area (Å²) in [6.07, 6.45) is -3.56. The quantitative estimate of drug-likeness (QED) is 0.541. The van der Waals surface area contributed by atoms with Gasteiger partial charge in [-0.05, 0) is 61.4 Å². The number of halogens is 4. The second-order valence-corrected chi connectivity index (χ2v) is 7.60. The van der Waals surface area contributed by atoms with Gasteiger partial charge in [0.25, 0.3) is 0 Å². The number of hydrogen-bond donors (Lipinski definition) is 1. The van der Waals surface area contributed by atoms with Crippen LogP contribution in [-0.4, -0.2) is 35.6 Å². The average molecular weight is 460 g/mol. The number of hydrogen-bond acceptors (Lipinski definition) is 5. The number of anilines is 2. The molecule has 1 saturated heterocycles. The Morgan fingerprint density at radius 1 is 1.03 bits per heavy atom. The molecule has 4 rings (SSSR count). The SMILES string of the molecule is O=C(Nc1ccccc1OC(F)(F)F)C1CCCN(c2ccc(-c3ccc(F)cc3)nn2)C1. The smallest absolute Gasteiger partial charge is 0.404 e. The molecule has 0 bridgehead atoms. The van der Waals surface area contributed by atoms with Crippen molar-refractivity contribution in [2.75, 3.05) is 23.3 Å². The fourth-order valence-electron chi connectivity index (χ4n) is 3.69. The lowest BCUT2D eigenvalue weighted by molar-refractivity contribution is -0.274. The van der Waals surface area contributed by atoms with Crippen molar-refractivity contribution in [3.63, 3.8) is 0 Å². The van der Waals surface area contributed by atoms with E-state index in [0.717, 1.165) is 11.6 Å². The minimum absolute atomic E-state index is 0.0413. The van der Waals surface area contributed by atoms with Crippen molar-refractivity contribution in [1.29, 1.82) is 0 Å². The van der Waals surface area contributed by atoms with E-state index < -0.39 is 23.9 Å². The number of aromatic nitrogens is 2. The van der Waals surface area contributed by atoms with E-state index in [0.29, 0.717) is 37.4 Å². The Hall–Kier alpha value is -3.69. The van der Waals surface area contributed by atoms with E-state index in [4.69, 9.17) is 0 Å². The molecule has 1 aliphatic rings. The lowest BCUT2D eigenvalue weighted by atomic mass is 9.97. The van der Waals surface area contributed by atoms with Crippen LogP contribution in [0.3, 0.4) is 0 Å². The second kappa shape index (κ2) is 9.43. The monoisotopic (exact) mass is 460 g/mol. The minimum Gasteiger partial charge on any atom is -0.404 e. The topological polar surface area (TPSA) is 67.3 Å². The van der Waals surface area contributed by atoms with E-state index in [1.54, 1.807) is 24.3 Å². The summed E-state index contributed by atoms with van der Waals surface area (Å²) < 4.78 is 55.0. The molecule has 1 N–H and O–H groups in total. The highest BCUT2D eigenvalue weighted by Gasteiger charge is 2.33. The molecule has 1 atom stereocenters. The number of carbonyl (C=O) groups is 1. The zero-order valence-corrected chi connectivity index (χ0v) is 17.3. The second-order valence-electron chi connectivity index (χ2n) is 7.60. The fraction of sp³-hybridized carbons (Fsp3) is 0.261. The van der Waals surface area contributed by atoms with Crippen LogP contribution in [0.25, 0.3) is 11.3 Å². The van der Waals surface area contributed by atoms with Gasteiger partial charge in [0.05, 0.1) is 17.3 Å². The molecule has 0 spiro atoms. The molecule has 3 aromatic rings. The van der Waals surface area contributed by atoms with Crippen molar-refractivity contribution in [3.8, 4) is 17.0 Å². The molecule has 1 amide bonds. The third-order valence-corrected chi connectivity index (χ3v) is 5.28. The number of nitrogens with zero attached hydrogens (tertiary/aromatic N) is 3. The lowest BCUT2D eigenvalue weighted by Gasteiger charge is -2.32. The molecule has 1 unspecified atom stereocenters. The summed E-state index contributed by atoms with van der Waals surface area (Å²) in [5.41, 5.74) is 1.28. The maximum absolute atomic E-state index is 13.1. The molecule has 0 aliphatic carbocycles. The fourth-order valence-corrected chi connectivity index (χ4v) is 3.69. The third kappa shape index (κ3) is 5.76. The lowest BCUT2D eigenvalue weighted by Crippen LogP contribution is -2.41. The van der Waals surface area contributed by atoms with Crippen LogP contribution in [0.1, 0.15) is 12.8 Å². The van der Waals surface area contributed by atoms with Crippen molar-refractivity contribution < 1.29 is 27.1 Å². The Morgan fingerprint density at radius 3 is 2.48 bits per heavy atom. The number of piperidine rings is 1. The average Bonchev–Trinajstić information content (AvgIpc) is 2.80. The highest BCUT2D eigenvalue weighted by molar-refractivity contribution is 5.94. The number of para-hydroxylation sites is 2. The van der Waals surface area contributed by atoms with Gasteiger partial charge in [-0.2, -0.15) is 0 Å². The summed E-state index contributed by atoms with van der Waals surface area (Å²) in [5, 5.41) is 11.0. The Labute approximate surface area is 187 Å². The van der Waals surface area contributed by atoms with Crippen molar-refractivity contribution in [2.24, 2.45) is 5.92 Å². The van der Waals surface area contributed by atoms with Crippen molar-refractivity contribution in [3.05, 3.63) is 66.5 Å². The third-order valence-electron chi connectivity index (χ3n) is 5.28. The largest absolute Gasteiger partial charge is 0.573 e. The van der Waals surface area contributed by atoms with Gasteiger partial charge in [-0.15, -0.1) is 23.4 Å².